The van der Waals surface area contributed by atoms with Crippen LogP contribution in [0.4, 0.5) is 0 Å². The van der Waals surface area contributed by atoms with E-state index in [0.29, 0.717) is 12.8 Å². The fraction of sp³-hybridized carbons (Fsp3) is 0.818. The highest BCUT2D eigenvalue weighted by Gasteiger charge is 2.32. The summed E-state index contributed by atoms with van der Waals surface area (Å²) in [5.74, 6) is -0.135. The van der Waals surface area contributed by atoms with Crippen LogP contribution in [0.5, 0.6) is 0 Å². The first kappa shape index (κ1) is 13.1. The van der Waals surface area contributed by atoms with Gasteiger partial charge in [-0.2, -0.15) is 0 Å². The number of Topliss-reactive ketones (excluding diaryl/α,β-unsaturated/α-hetero) is 1. The molecule has 0 amide bonds. The fourth-order valence-corrected chi connectivity index (χ4v) is 1.59. The molecular formula is C11H20O3. The minimum absolute atomic E-state index is 0.0749. The molecule has 0 aromatic heterocycles. The first-order chi connectivity index (χ1) is 6.35. The van der Waals surface area contributed by atoms with E-state index in [1.54, 1.807) is 13.8 Å². The molecule has 3 heteroatoms. The Labute approximate surface area is 85.8 Å². The van der Waals surface area contributed by atoms with Gasteiger partial charge in [-0.05, 0) is 20.3 Å². The van der Waals surface area contributed by atoms with E-state index in [1.807, 2.05) is 13.8 Å². The summed E-state index contributed by atoms with van der Waals surface area (Å²) in [6.07, 6.45) is 1.07. The number of esters is 1. The van der Waals surface area contributed by atoms with E-state index < -0.39 is 5.41 Å². The van der Waals surface area contributed by atoms with E-state index in [4.69, 9.17) is 0 Å². The summed E-state index contributed by atoms with van der Waals surface area (Å²) in [4.78, 5) is 22.7. The van der Waals surface area contributed by atoms with E-state index in [-0.39, 0.29) is 17.7 Å². The average Bonchev–Trinajstić information content (AvgIpc) is 2.14. The molecule has 0 bridgehead atoms. The van der Waals surface area contributed by atoms with Crippen molar-refractivity contribution in [3.63, 3.8) is 0 Å². The third-order valence-corrected chi connectivity index (χ3v) is 2.45. The monoisotopic (exact) mass is 200 g/mol. The standard InChI is InChI=1S/C11H20O3/c1-6-9(12)8(2)7-11(3,4)10(13)14-5/h8H,6-7H2,1-5H3. The Morgan fingerprint density at radius 3 is 2.21 bits per heavy atom. The van der Waals surface area contributed by atoms with Gasteiger partial charge in [0.15, 0.2) is 0 Å². The SMILES string of the molecule is CCC(=O)C(C)CC(C)(C)C(=O)OC. The normalized spacial score (nSPS) is 13.5. The van der Waals surface area contributed by atoms with Gasteiger partial charge in [-0.15, -0.1) is 0 Å². The highest BCUT2D eigenvalue weighted by Crippen LogP contribution is 2.27. The summed E-state index contributed by atoms with van der Waals surface area (Å²) in [7, 11) is 1.37. The summed E-state index contributed by atoms with van der Waals surface area (Å²) in [5.41, 5.74) is -0.570. The van der Waals surface area contributed by atoms with E-state index in [2.05, 4.69) is 4.74 Å². The number of methoxy groups -OCH3 is 1. The Morgan fingerprint density at radius 1 is 1.36 bits per heavy atom. The van der Waals surface area contributed by atoms with Gasteiger partial charge in [-0.1, -0.05) is 13.8 Å². The molecule has 0 aromatic carbocycles. The lowest BCUT2D eigenvalue weighted by Crippen LogP contribution is -2.29. The van der Waals surface area contributed by atoms with E-state index >= 15 is 0 Å². The number of hydrogen-bond donors (Lipinski definition) is 0. The van der Waals surface area contributed by atoms with Crippen LogP contribution in [0.15, 0.2) is 0 Å². The Morgan fingerprint density at radius 2 is 1.86 bits per heavy atom. The molecular weight excluding hydrogens is 180 g/mol. The molecule has 0 aliphatic rings. The zero-order valence-corrected chi connectivity index (χ0v) is 9.72. The smallest absolute Gasteiger partial charge is 0.311 e. The number of hydrogen-bond acceptors (Lipinski definition) is 3. The van der Waals surface area contributed by atoms with Crippen molar-refractivity contribution < 1.29 is 14.3 Å². The molecule has 0 spiro atoms. The molecule has 0 aliphatic heterocycles. The molecule has 0 radical (unpaired) electrons. The molecule has 0 saturated heterocycles. The largest absolute Gasteiger partial charge is 0.469 e. The zero-order valence-electron chi connectivity index (χ0n) is 9.72. The van der Waals surface area contributed by atoms with Gasteiger partial charge in [0.25, 0.3) is 0 Å². The molecule has 0 aliphatic carbocycles. The highest BCUT2D eigenvalue weighted by atomic mass is 16.5. The summed E-state index contributed by atoms with van der Waals surface area (Å²) in [6, 6.07) is 0. The third-order valence-electron chi connectivity index (χ3n) is 2.45. The molecule has 14 heavy (non-hydrogen) atoms. The number of rotatable bonds is 5. The second-order valence-electron chi connectivity index (χ2n) is 4.30. The Hall–Kier alpha value is -0.860. The maximum atomic E-state index is 11.3. The summed E-state index contributed by atoms with van der Waals surface area (Å²) < 4.78 is 4.68. The van der Waals surface area contributed by atoms with Crippen LogP contribution in [-0.4, -0.2) is 18.9 Å². The highest BCUT2D eigenvalue weighted by molar-refractivity contribution is 5.82. The van der Waals surface area contributed by atoms with Gasteiger partial charge in [0, 0.05) is 12.3 Å². The van der Waals surface area contributed by atoms with Crippen molar-refractivity contribution in [2.24, 2.45) is 11.3 Å². The van der Waals surface area contributed by atoms with Gasteiger partial charge in [-0.3, -0.25) is 9.59 Å². The van der Waals surface area contributed by atoms with Crippen molar-refractivity contribution in [2.45, 2.75) is 40.5 Å². The Bertz CT molecular complexity index is 219. The Kier molecular flexibility index (Phi) is 4.81. The lowest BCUT2D eigenvalue weighted by molar-refractivity contribution is -0.152. The van der Waals surface area contributed by atoms with E-state index in [0.717, 1.165) is 0 Å². The van der Waals surface area contributed by atoms with Crippen molar-refractivity contribution in [3.05, 3.63) is 0 Å². The zero-order chi connectivity index (χ0) is 11.4. The molecule has 3 nitrogen and oxygen atoms in total. The maximum absolute atomic E-state index is 11.3. The fourth-order valence-electron chi connectivity index (χ4n) is 1.59. The van der Waals surface area contributed by atoms with Crippen molar-refractivity contribution in [2.75, 3.05) is 7.11 Å². The lowest BCUT2D eigenvalue weighted by Gasteiger charge is -2.24. The van der Waals surface area contributed by atoms with Gasteiger partial charge < -0.3 is 4.74 Å². The van der Waals surface area contributed by atoms with Crippen molar-refractivity contribution in [1.82, 2.24) is 0 Å². The van der Waals surface area contributed by atoms with Crippen molar-refractivity contribution in [3.8, 4) is 0 Å². The molecule has 1 atom stereocenters. The van der Waals surface area contributed by atoms with Crippen LogP contribution >= 0.6 is 0 Å². The van der Waals surface area contributed by atoms with Crippen molar-refractivity contribution >= 4 is 11.8 Å². The molecule has 0 rings (SSSR count). The van der Waals surface area contributed by atoms with Crippen LogP contribution in [0.25, 0.3) is 0 Å². The first-order valence-electron chi connectivity index (χ1n) is 4.96. The van der Waals surface area contributed by atoms with Crippen LogP contribution in [-0.2, 0) is 14.3 Å². The Balaban J connectivity index is 4.35. The van der Waals surface area contributed by atoms with E-state index in [1.165, 1.54) is 7.11 Å². The number of ether oxygens (including phenoxy) is 1. The van der Waals surface area contributed by atoms with E-state index in [9.17, 15) is 9.59 Å². The minimum Gasteiger partial charge on any atom is -0.469 e. The molecule has 0 aromatic rings. The van der Waals surface area contributed by atoms with Gasteiger partial charge in [-0.25, -0.2) is 0 Å². The number of carbonyl (C=O) groups excluding carboxylic acids is 2. The molecule has 82 valence electrons. The predicted octanol–water partition coefficient (Wildman–Crippen LogP) is 2.19. The first-order valence-corrected chi connectivity index (χ1v) is 4.96. The van der Waals surface area contributed by atoms with Crippen LogP contribution in [0.3, 0.4) is 0 Å². The van der Waals surface area contributed by atoms with Gasteiger partial charge in [0.2, 0.25) is 0 Å². The average molecular weight is 200 g/mol. The number of ketones is 1. The predicted molar refractivity (Wildman–Crippen MR) is 54.9 cm³/mol. The summed E-state index contributed by atoms with van der Waals surface area (Å²) in [5, 5.41) is 0. The minimum atomic E-state index is -0.570. The van der Waals surface area contributed by atoms with Gasteiger partial charge >= 0.3 is 5.97 Å². The number of carbonyl (C=O) groups is 2. The second-order valence-corrected chi connectivity index (χ2v) is 4.30. The quantitative estimate of drug-likeness (QED) is 0.639. The lowest BCUT2D eigenvalue weighted by atomic mass is 9.81. The molecule has 0 saturated carbocycles. The van der Waals surface area contributed by atoms with Gasteiger partial charge in [0.05, 0.1) is 12.5 Å². The topological polar surface area (TPSA) is 43.4 Å². The maximum Gasteiger partial charge on any atom is 0.311 e. The second kappa shape index (κ2) is 5.13. The molecule has 1 unspecified atom stereocenters. The van der Waals surface area contributed by atoms with Crippen molar-refractivity contribution in [1.29, 1.82) is 0 Å². The summed E-state index contributed by atoms with van der Waals surface area (Å²) in [6.45, 7) is 7.30. The summed E-state index contributed by atoms with van der Waals surface area (Å²) >= 11 is 0. The third kappa shape index (κ3) is 3.48. The molecule has 0 fully saturated rings. The van der Waals surface area contributed by atoms with Crippen LogP contribution in [0.1, 0.15) is 40.5 Å². The van der Waals surface area contributed by atoms with Gasteiger partial charge in [0.1, 0.15) is 5.78 Å². The molecule has 0 N–H and O–H groups in total. The van der Waals surface area contributed by atoms with Crippen LogP contribution < -0.4 is 0 Å². The molecule has 0 heterocycles. The van der Waals surface area contributed by atoms with Crippen LogP contribution in [0.2, 0.25) is 0 Å². The van der Waals surface area contributed by atoms with Crippen LogP contribution in [0, 0.1) is 11.3 Å².